The third-order valence-corrected chi connectivity index (χ3v) is 3.09. The second kappa shape index (κ2) is 5.14. The molecule has 0 bridgehead atoms. The molecule has 0 aliphatic heterocycles. The molecule has 92 valence electrons. The Balaban J connectivity index is 2.18. The molecule has 5 nitrogen and oxygen atoms in total. The Morgan fingerprint density at radius 3 is 2.78 bits per heavy atom. The Kier molecular flexibility index (Phi) is 3.57. The van der Waals surface area contributed by atoms with Crippen LogP contribution >= 0.6 is 15.9 Å². The number of halogens is 1. The number of hydrogen-bond donors (Lipinski definition) is 2. The average Bonchev–Trinajstić information content (AvgIpc) is 2.34. The number of amides is 1. The van der Waals surface area contributed by atoms with E-state index >= 15 is 0 Å². The number of aryl methyl sites for hydroxylation is 1. The van der Waals surface area contributed by atoms with Crippen molar-refractivity contribution in [3.8, 4) is 5.75 Å². The van der Waals surface area contributed by atoms with Crippen LogP contribution < -0.4 is 5.32 Å². The van der Waals surface area contributed by atoms with Gasteiger partial charge < -0.3 is 10.4 Å². The van der Waals surface area contributed by atoms with Crippen molar-refractivity contribution >= 4 is 27.5 Å². The molecular weight excluding hydrogens is 298 g/mol. The summed E-state index contributed by atoms with van der Waals surface area (Å²) < 4.78 is 0.736. The van der Waals surface area contributed by atoms with E-state index in [1.165, 1.54) is 18.5 Å². The molecule has 0 aliphatic carbocycles. The van der Waals surface area contributed by atoms with E-state index in [2.05, 4.69) is 31.2 Å². The summed E-state index contributed by atoms with van der Waals surface area (Å²) in [5.74, 6) is -0.394. The van der Waals surface area contributed by atoms with Crippen molar-refractivity contribution in [2.24, 2.45) is 0 Å². The van der Waals surface area contributed by atoms with Crippen molar-refractivity contribution in [1.29, 1.82) is 0 Å². The number of hydrogen-bond acceptors (Lipinski definition) is 4. The van der Waals surface area contributed by atoms with Crippen molar-refractivity contribution in [1.82, 2.24) is 9.97 Å². The van der Waals surface area contributed by atoms with Gasteiger partial charge in [0.1, 0.15) is 10.4 Å². The minimum absolute atomic E-state index is 0.0484. The van der Waals surface area contributed by atoms with E-state index in [9.17, 15) is 9.90 Å². The predicted octanol–water partition coefficient (Wildman–Crippen LogP) is 2.51. The summed E-state index contributed by atoms with van der Waals surface area (Å²) in [6, 6.07) is 3.15. The van der Waals surface area contributed by atoms with Crippen LogP contribution in [0.25, 0.3) is 0 Å². The van der Waals surface area contributed by atoms with E-state index in [4.69, 9.17) is 0 Å². The maximum absolute atomic E-state index is 11.9. The van der Waals surface area contributed by atoms with Gasteiger partial charge in [-0.25, -0.2) is 4.98 Å². The van der Waals surface area contributed by atoms with Gasteiger partial charge in [-0.3, -0.25) is 9.78 Å². The molecule has 2 aromatic rings. The Morgan fingerprint density at radius 2 is 2.11 bits per heavy atom. The lowest BCUT2D eigenvalue weighted by Gasteiger charge is -2.06. The van der Waals surface area contributed by atoms with Crippen LogP contribution in [0.5, 0.6) is 5.75 Å². The summed E-state index contributed by atoms with van der Waals surface area (Å²) >= 11 is 3.28. The van der Waals surface area contributed by atoms with E-state index in [-0.39, 0.29) is 17.2 Å². The van der Waals surface area contributed by atoms with Crippen LogP contribution in [0, 0.1) is 6.92 Å². The highest BCUT2D eigenvalue weighted by Gasteiger charge is 2.08. The zero-order valence-corrected chi connectivity index (χ0v) is 11.1. The number of aromatic nitrogens is 2. The summed E-state index contributed by atoms with van der Waals surface area (Å²) in [6.45, 7) is 1.88. The number of nitrogens with zero attached hydrogens (tertiary/aromatic N) is 2. The smallest absolute Gasteiger partial charge is 0.257 e. The number of carbonyl (C=O) groups excluding carboxylic acids is 1. The molecular formula is C12H10BrN3O2. The van der Waals surface area contributed by atoms with Gasteiger partial charge in [0.15, 0.2) is 0 Å². The second-order valence-electron chi connectivity index (χ2n) is 3.72. The molecule has 0 fully saturated rings. The maximum Gasteiger partial charge on any atom is 0.257 e. The predicted molar refractivity (Wildman–Crippen MR) is 70.5 cm³/mol. The zero-order valence-electron chi connectivity index (χ0n) is 9.51. The molecule has 18 heavy (non-hydrogen) atoms. The van der Waals surface area contributed by atoms with E-state index in [0.717, 1.165) is 10.2 Å². The third kappa shape index (κ3) is 2.84. The Bertz CT molecular complexity index is 602. The molecule has 2 rings (SSSR count). The highest BCUT2D eigenvalue weighted by atomic mass is 79.9. The standard InChI is InChI=1S/C12H10BrN3O2/c1-7-2-9(5-15-11(7)13)16-12(18)8-3-10(17)6-14-4-8/h2-6,17H,1H3,(H,16,18). The molecule has 0 unspecified atom stereocenters. The van der Waals surface area contributed by atoms with Gasteiger partial charge in [0.2, 0.25) is 0 Å². The molecule has 0 saturated carbocycles. The number of pyridine rings is 2. The molecule has 2 N–H and O–H groups in total. The van der Waals surface area contributed by atoms with Crippen molar-refractivity contribution in [2.45, 2.75) is 6.92 Å². The lowest BCUT2D eigenvalue weighted by atomic mass is 10.2. The van der Waals surface area contributed by atoms with Gasteiger partial charge in [0.25, 0.3) is 5.91 Å². The van der Waals surface area contributed by atoms with Gasteiger partial charge in [-0.05, 0) is 40.5 Å². The van der Waals surface area contributed by atoms with E-state index in [1.807, 2.05) is 6.92 Å². The molecule has 2 heterocycles. The lowest BCUT2D eigenvalue weighted by Crippen LogP contribution is -2.12. The van der Waals surface area contributed by atoms with E-state index < -0.39 is 0 Å². The van der Waals surface area contributed by atoms with Crippen LogP contribution in [0.15, 0.2) is 35.3 Å². The van der Waals surface area contributed by atoms with E-state index in [1.54, 1.807) is 12.3 Å². The highest BCUT2D eigenvalue weighted by molar-refractivity contribution is 9.10. The number of nitrogens with one attached hydrogen (secondary N) is 1. The second-order valence-corrected chi connectivity index (χ2v) is 4.47. The topological polar surface area (TPSA) is 75.1 Å². The van der Waals surface area contributed by atoms with Crippen LogP contribution in [0.4, 0.5) is 5.69 Å². The fraction of sp³-hybridized carbons (Fsp3) is 0.0833. The van der Waals surface area contributed by atoms with Gasteiger partial charge in [-0.15, -0.1) is 0 Å². The summed E-state index contributed by atoms with van der Waals surface area (Å²) in [4.78, 5) is 19.7. The first-order chi connectivity index (χ1) is 8.56. The minimum atomic E-state index is -0.345. The molecule has 0 radical (unpaired) electrons. The first kappa shape index (κ1) is 12.5. The fourth-order valence-electron chi connectivity index (χ4n) is 1.38. The van der Waals surface area contributed by atoms with Gasteiger partial charge in [0, 0.05) is 6.20 Å². The molecule has 6 heteroatoms. The fourth-order valence-corrected chi connectivity index (χ4v) is 1.60. The van der Waals surface area contributed by atoms with Crippen LogP contribution in [0.3, 0.4) is 0 Å². The summed E-state index contributed by atoms with van der Waals surface area (Å²) in [5.41, 5.74) is 1.79. The number of anilines is 1. The maximum atomic E-state index is 11.9. The number of carbonyl (C=O) groups is 1. The van der Waals surface area contributed by atoms with Crippen molar-refractivity contribution in [3.63, 3.8) is 0 Å². The first-order valence-corrected chi connectivity index (χ1v) is 5.93. The van der Waals surface area contributed by atoms with Gasteiger partial charge in [-0.1, -0.05) is 0 Å². The highest BCUT2D eigenvalue weighted by Crippen LogP contribution is 2.17. The van der Waals surface area contributed by atoms with E-state index in [0.29, 0.717) is 5.69 Å². The normalized spacial score (nSPS) is 10.1. The van der Waals surface area contributed by atoms with Crippen molar-refractivity contribution < 1.29 is 9.90 Å². The van der Waals surface area contributed by atoms with Crippen molar-refractivity contribution in [2.75, 3.05) is 5.32 Å². The number of aromatic hydroxyl groups is 1. The quantitative estimate of drug-likeness (QED) is 0.836. The zero-order chi connectivity index (χ0) is 13.1. The van der Waals surface area contributed by atoms with Crippen LogP contribution in [-0.2, 0) is 0 Å². The van der Waals surface area contributed by atoms with Gasteiger partial charge >= 0.3 is 0 Å². The lowest BCUT2D eigenvalue weighted by molar-refractivity contribution is 0.102. The molecule has 0 aliphatic rings. The molecule has 0 aromatic carbocycles. The summed E-state index contributed by atoms with van der Waals surface area (Å²) in [5, 5.41) is 11.9. The molecule has 0 saturated heterocycles. The Morgan fingerprint density at radius 1 is 1.33 bits per heavy atom. The number of rotatable bonds is 2. The average molecular weight is 308 g/mol. The largest absolute Gasteiger partial charge is 0.506 e. The molecule has 0 atom stereocenters. The first-order valence-electron chi connectivity index (χ1n) is 5.14. The molecule has 2 aromatic heterocycles. The Labute approximate surface area is 112 Å². The van der Waals surface area contributed by atoms with Crippen LogP contribution in [-0.4, -0.2) is 21.0 Å². The SMILES string of the molecule is Cc1cc(NC(=O)c2cncc(O)c2)cnc1Br. The monoisotopic (exact) mass is 307 g/mol. The van der Waals surface area contributed by atoms with Crippen LogP contribution in [0.2, 0.25) is 0 Å². The third-order valence-electron chi connectivity index (χ3n) is 2.26. The van der Waals surface area contributed by atoms with Gasteiger partial charge in [-0.2, -0.15) is 0 Å². The van der Waals surface area contributed by atoms with Gasteiger partial charge in [0.05, 0.1) is 23.6 Å². The molecule has 1 amide bonds. The molecule has 0 spiro atoms. The summed E-state index contributed by atoms with van der Waals surface area (Å²) in [7, 11) is 0. The minimum Gasteiger partial charge on any atom is -0.506 e. The van der Waals surface area contributed by atoms with Crippen LogP contribution in [0.1, 0.15) is 15.9 Å². The Hall–Kier alpha value is -1.95. The van der Waals surface area contributed by atoms with Crippen molar-refractivity contribution in [3.05, 3.63) is 46.5 Å². The summed E-state index contributed by atoms with van der Waals surface area (Å²) in [6.07, 6.45) is 4.20.